The zero-order valence-corrected chi connectivity index (χ0v) is 15.4. The van der Waals surface area contributed by atoms with Crippen molar-refractivity contribution in [2.45, 2.75) is 6.61 Å². The van der Waals surface area contributed by atoms with Gasteiger partial charge in [-0.1, -0.05) is 42.5 Å². The lowest BCUT2D eigenvalue weighted by Crippen LogP contribution is -2.05. The van der Waals surface area contributed by atoms with Gasteiger partial charge in [-0.05, 0) is 47.5 Å². The molecule has 0 unspecified atom stereocenters. The van der Waals surface area contributed by atoms with Gasteiger partial charge in [-0.3, -0.25) is 4.99 Å². The number of esters is 2. The second-order valence-corrected chi connectivity index (χ2v) is 5.98. The molecule has 0 atom stereocenters. The van der Waals surface area contributed by atoms with Gasteiger partial charge in [0.25, 0.3) is 0 Å². The van der Waals surface area contributed by atoms with E-state index in [0.717, 1.165) is 11.1 Å². The van der Waals surface area contributed by atoms with Gasteiger partial charge in [-0.2, -0.15) is 0 Å². The molecule has 140 valence electrons. The fourth-order valence-corrected chi connectivity index (χ4v) is 2.50. The summed E-state index contributed by atoms with van der Waals surface area (Å²) in [6.45, 7) is 0.227. The fourth-order valence-electron chi connectivity index (χ4n) is 2.50. The van der Waals surface area contributed by atoms with Crippen molar-refractivity contribution in [2.75, 3.05) is 7.11 Å². The molecule has 0 aliphatic carbocycles. The van der Waals surface area contributed by atoms with Crippen molar-refractivity contribution in [3.8, 4) is 0 Å². The average Bonchev–Trinajstić information content (AvgIpc) is 2.76. The Kier molecular flexibility index (Phi) is 6.31. The summed E-state index contributed by atoms with van der Waals surface area (Å²) >= 11 is 0. The molecular weight excluding hydrogens is 354 g/mol. The molecule has 0 saturated heterocycles. The Labute approximate surface area is 163 Å². The van der Waals surface area contributed by atoms with Crippen LogP contribution in [-0.2, 0) is 16.1 Å². The van der Waals surface area contributed by atoms with Crippen molar-refractivity contribution in [2.24, 2.45) is 4.99 Å². The summed E-state index contributed by atoms with van der Waals surface area (Å²) in [6, 6.07) is 23.3. The van der Waals surface area contributed by atoms with Gasteiger partial charge in [0, 0.05) is 6.21 Å². The highest BCUT2D eigenvalue weighted by Crippen LogP contribution is 2.14. The lowest BCUT2D eigenvalue weighted by atomic mass is 10.1. The smallest absolute Gasteiger partial charge is 0.338 e. The number of aliphatic imine (C=N–C) groups is 1. The molecule has 3 aromatic rings. The molecule has 5 nitrogen and oxygen atoms in total. The monoisotopic (exact) mass is 373 g/mol. The first-order valence-corrected chi connectivity index (χ1v) is 8.69. The molecule has 0 radical (unpaired) electrons. The topological polar surface area (TPSA) is 65.0 Å². The third kappa shape index (κ3) is 5.14. The predicted octanol–water partition coefficient (Wildman–Crippen LogP) is 4.58. The first-order chi connectivity index (χ1) is 13.7. The number of ether oxygens (including phenoxy) is 2. The lowest BCUT2D eigenvalue weighted by molar-refractivity contribution is 0.0472. The molecule has 28 heavy (non-hydrogen) atoms. The molecule has 3 rings (SSSR count). The van der Waals surface area contributed by atoms with Crippen LogP contribution in [0, 0.1) is 0 Å². The Morgan fingerprint density at radius 3 is 2.32 bits per heavy atom. The molecule has 0 heterocycles. The summed E-state index contributed by atoms with van der Waals surface area (Å²) in [5.41, 5.74) is 3.31. The minimum absolute atomic E-state index is 0.227. The number of benzene rings is 3. The Morgan fingerprint density at radius 2 is 1.61 bits per heavy atom. The molecule has 0 aliphatic heterocycles. The van der Waals surface area contributed by atoms with Gasteiger partial charge in [0.05, 0.1) is 23.9 Å². The third-order valence-corrected chi connectivity index (χ3v) is 3.99. The summed E-state index contributed by atoms with van der Waals surface area (Å²) < 4.78 is 10.0. The van der Waals surface area contributed by atoms with Gasteiger partial charge in [0.1, 0.15) is 6.61 Å². The molecule has 0 aromatic heterocycles. The molecule has 0 saturated carbocycles. The summed E-state index contributed by atoms with van der Waals surface area (Å²) in [5, 5.41) is 0. The van der Waals surface area contributed by atoms with E-state index in [9.17, 15) is 9.59 Å². The van der Waals surface area contributed by atoms with E-state index in [0.29, 0.717) is 16.8 Å². The van der Waals surface area contributed by atoms with E-state index in [4.69, 9.17) is 4.74 Å². The van der Waals surface area contributed by atoms with Crippen LogP contribution in [0.4, 0.5) is 5.69 Å². The fraction of sp³-hybridized carbons (Fsp3) is 0.0870. The molecule has 0 bridgehead atoms. The highest BCUT2D eigenvalue weighted by Gasteiger charge is 2.08. The van der Waals surface area contributed by atoms with Gasteiger partial charge >= 0.3 is 11.9 Å². The zero-order valence-electron chi connectivity index (χ0n) is 15.4. The SMILES string of the molecule is COC(=O)c1ccc(N=Cc2cccc(C(=O)OCc3ccccc3)c2)cc1. The van der Waals surface area contributed by atoms with Gasteiger partial charge in [-0.15, -0.1) is 0 Å². The van der Waals surface area contributed by atoms with Crippen molar-refractivity contribution >= 4 is 23.8 Å². The van der Waals surface area contributed by atoms with E-state index in [2.05, 4.69) is 9.73 Å². The number of methoxy groups -OCH3 is 1. The van der Waals surface area contributed by atoms with Crippen LogP contribution in [0.2, 0.25) is 0 Å². The van der Waals surface area contributed by atoms with Crippen molar-refractivity contribution in [3.63, 3.8) is 0 Å². The Balaban J connectivity index is 1.64. The summed E-state index contributed by atoms with van der Waals surface area (Å²) in [7, 11) is 1.34. The van der Waals surface area contributed by atoms with Crippen molar-refractivity contribution in [1.82, 2.24) is 0 Å². The minimum atomic E-state index is -0.391. The molecule has 3 aromatic carbocycles. The first kappa shape index (κ1) is 19.0. The van der Waals surface area contributed by atoms with E-state index >= 15 is 0 Å². The standard InChI is InChI=1S/C23H19NO4/c1-27-22(25)19-10-12-21(13-11-19)24-15-18-8-5-9-20(14-18)23(26)28-16-17-6-3-2-4-7-17/h2-15H,16H2,1H3. The maximum Gasteiger partial charge on any atom is 0.338 e. The second-order valence-electron chi connectivity index (χ2n) is 5.98. The Bertz CT molecular complexity index is 979. The average molecular weight is 373 g/mol. The van der Waals surface area contributed by atoms with Gasteiger partial charge in [-0.25, -0.2) is 9.59 Å². The molecule has 5 heteroatoms. The zero-order chi connectivity index (χ0) is 19.8. The molecule has 0 aliphatic rings. The van der Waals surface area contributed by atoms with Crippen LogP contribution in [0.25, 0.3) is 0 Å². The van der Waals surface area contributed by atoms with Gasteiger partial charge in [0.15, 0.2) is 0 Å². The third-order valence-electron chi connectivity index (χ3n) is 3.99. The number of hydrogen-bond acceptors (Lipinski definition) is 5. The quantitative estimate of drug-likeness (QED) is 0.469. The Morgan fingerprint density at radius 1 is 0.857 bits per heavy atom. The molecule has 0 fully saturated rings. The van der Waals surface area contributed by atoms with E-state index in [1.54, 1.807) is 48.7 Å². The summed E-state index contributed by atoms with van der Waals surface area (Å²) in [5.74, 6) is -0.779. The number of carbonyl (C=O) groups excluding carboxylic acids is 2. The molecular formula is C23H19NO4. The van der Waals surface area contributed by atoms with Crippen molar-refractivity contribution in [3.05, 3.63) is 101 Å². The number of hydrogen-bond donors (Lipinski definition) is 0. The first-order valence-electron chi connectivity index (χ1n) is 8.69. The maximum atomic E-state index is 12.3. The summed E-state index contributed by atoms with van der Waals surface area (Å²) in [6.07, 6.45) is 1.65. The molecule has 0 spiro atoms. The maximum absolute atomic E-state index is 12.3. The van der Waals surface area contributed by atoms with Crippen LogP contribution < -0.4 is 0 Å². The highest BCUT2D eigenvalue weighted by molar-refractivity contribution is 5.93. The minimum Gasteiger partial charge on any atom is -0.465 e. The van der Waals surface area contributed by atoms with E-state index < -0.39 is 5.97 Å². The van der Waals surface area contributed by atoms with Crippen LogP contribution >= 0.6 is 0 Å². The van der Waals surface area contributed by atoms with Gasteiger partial charge in [0.2, 0.25) is 0 Å². The van der Waals surface area contributed by atoms with Crippen LogP contribution in [-0.4, -0.2) is 25.3 Å². The molecule has 0 N–H and O–H groups in total. The van der Waals surface area contributed by atoms with Gasteiger partial charge < -0.3 is 9.47 Å². The Hall–Kier alpha value is -3.73. The van der Waals surface area contributed by atoms with Crippen LogP contribution in [0.1, 0.15) is 31.8 Å². The van der Waals surface area contributed by atoms with E-state index in [-0.39, 0.29) is 12.6 Å². The summed E-state index contributed by atoms with van der Waals surface area (Å²) in [4.78, 5) is 28.1. The highest BCUT2D eigenvalue weighted by atomic mass is 16.5. The van der Waals surface area contributed by atoms with Crippen LogP contribution in [0.15, 0.2) is 83.9 Å². The number of rotatable bonds is 6. The van der Waals surface area contributed by atoms with Crippen molar-refractivity contribution < 1.29 is 19.1 Å². The van der Waals surface area contributed by atoms with E-state index in [1.165, 1.54) is 7.11 Å². The molecule has 0 amide bonds. The second kappa shape index (κ2) is 9.28. The number of carbonyl (C=O) groups is 2. The number of nitrogens with zero attached hydrogens (tertiary/aromatic N) is 1. The normalized spacial score (nSPS) is 10.6. The lowest BCUT2D eigenvalue weighted by Gasteiger charge is -2.05. The van der Waals surface area contributed by atoms with Crippen molar-refractivity contribution in [1.29, 1.82) is 0 Å². The van der Waals surface area contributed by atoms with E-state index in [1.807, 2.05) is 36.4 Å². The predicted molar refractivity (Wildman–Crippen MR) is 107 cm³/mol. The van der Waals surface area contributed by atoms with Crippen LogP contribution in [0.3, 0.4) is 0 Å². The van der Waals surface area contributed by atoms with Crippen LogP contribution in [0.5, 0.6) is 0 Å². The largest absolute Gasteiger partial charge is 0.465 e.